The topological polar surface area (TPSA) is 63.3 Å². The molecular formula is C10H17NO2. The van der Waals surface area contributed by atoms with E-state index in [0.29, 0.717) is 5.57 Å². The van der Waals surface area contributed by atoms with Gasteiger partial charge in [-0.1, -0.05) is 18.9 Å². The molecule has 3 heteroatoms. The minimum atomic E-state index is -0.835. The van der Waals surface area contributed by atoms with Gasteiger partial charge in [0.2, 0.25) is 0 Å². The third-order valence-corrected chi connectivity index (χ3v) is 2.68. The van der Waals surface area contributed by atoms with Crippen LogP contribution in [0.2, 0.25) is 0 Å². The number of carboxylic acid groups (broad SMARTS) is 1. The first-order chi connectivity index (χ1) is 6.11. The highest BCUT2D eigenvalue weighted by atomic mass is 16.4. The molecule has 1 aliphatic carbocycles. The fourth-order valence-corrected chi connectivity index (χ4v) is 1.79. The third-order valence-electron chi connectivity index (χ3n) is 2.68. The van der Waals surface area contributed by atoms with Gasteiger partial charge in [0.05, 0.1) is 0 Å². The molecule has 1 saturated carbocycles. The molecule has 0 saturated heterocycles. The van der Waals surface area contributed by atoms with Gasteiger partial charge >= 0.3 is 5.97 Å². The molecule has 0 bridgehead atoms. The molecule has 0 aromatic rings. The first-order valence-corrected chi connectivity index (χ1v) is 4.78. The Morgan fingerprint density at radius 3 is 2.62 bits per heavy atom. The summed E-state index contributed by atoms with van der Waals surface area (Å²) in [6, 6.07) is 0.156. The second-order valence-electron chi connectivity index (χ2n) is 3.77. The monoisotopic (exact) mass is 183 g/mol. The van der Waals surface area contributed by atoms with Gasteiger partial charge in [0, 0.05) is 11.6 Å². The van der Waals surface area contributed by atoms with Crippen molar-refractivity contribution in [1.82, 2.24) is 0 Å². The molecule has 0 aromatic carbocycles. The predicted octanol–water partition coefficient (Wildman–Crippen LogP) is 1.53. The van der Waals surface area contributed by atoms with E-state index in [4.69, 9.17) is 10.8 Å². The van der Waals surface area contributed by atoms with Gasteiger partial charge in [0.1, 0.15) is 0 Å². The summed E-state index contributed by atoms with van der Waals surface area (Å²) in [6.07, 6.45) is 6.21. The normalized spacial score (nSPS) is 30.2. The van der Waals surface area contributed by atoms with Crippen molar-refractivity contribution in [2.45, 2.75) is 38.6 Å². The second-order valence-corrected chi connectivity index (χ2v) is 3.77. The van der Waals surface area contributed by atoms with E-state index in [1.54, 1.807) is 6.92 Å². The smallest absolute Gasteiger partial charge is 0.330 e. The Labute approximate surface area is 78.6 Å². The summed E-state index contributed by atoms with van der Waals surface area (Å²) >= 11 is 0. The van der Waals surface area contributed by atoms with Gasteiger partial charge in [-0.15, -0.1) is 0 Å². The molecule has 3 nitrogen and oxygen atoms in total. The third kappa shape index (κ3) is 2.84. The van der Waals surface area contributed by atoms with Crippen LogP contribution in [0, 0.1) is 5.92 Å². The number of carbonyl (C=O) groups is 1. The van der Waals surface area contributed by atoms with E-state index in [1.165, 1.54) is 12.8 Å². The van der Waals surface area contributed by atoms with E-state index >= 15 is 0 Å². The maximum absolute atomic E-state index is 10.6. The first-order valence-electron chi connectivity index (χ1n) is 4.78. The molecule has 3 N–H and O–H groups in total. The van der Waals surface area contributed by atoms with Crippen LogP contribution in [0.4, 0.5) is 0 Å². The minimum Gasteiger partial charge on any atom is -0.478 e. The molecule has 0 amide bonds. The summed E-state index contributed by atoms with van der Waals surface area (Å²) in [4.78, 5) is 10.6. The van der Waals surface area contributed by atoms with Crippen LogP contribution in [0.3, 0.4) is 0 Å². The zero-order valence-electron chi connectivity index (χ0n) is 7.99. The van der Waals surface area contributed by atoms with Gasteiger partial charge in [-0.05, 0) is 25.7 Å². The molecule has 0 spiro atoms. The van der Waals surface area contributed by atoms with Crippen LogP contribution in [-0.4, -0.2) is 17.1 Å². The van der Waals surface area contributed by atoms with Crippen molar-refractivity contribution in [3.8, 4) is 0 Å². The van der Waals surface area contributed by atoms with E-state index in [9.17, 15) is 4.79 Å². The Bertz CT molecular complexity index is 223. The lowest BCUT2D eigenvalue weighted by atomic mass is 9.84. The summed E-state index contributed by atoms with van der Waals surface area (Å²) < 4.78 is 0. The average Bonchev–Trinajstić information content (AvgIpc) is 2.08. The van der Waals surface area contributed by atoms with Crippen LogP contribution in [-0.2, 0) is 4.79 Å². The minimum absolute atomic E-state index is 0.156. The van der Waals surface area contributed by atoms with Gasteiger partial charge in [0.15, 0.2) is 0 Å². The molecule has 0 heterocycles. The van der Waals surface area contributed by atoms with Gasteiger partial charge in [0.25, 0.3) is 0 Å². The number of carboxylic acids is 1. The van der Waals surface area contributed by atoms with Crippen molar-refractivity contribution in [2.75, 3.05) is 0 Å². The van der Waals surface area contributed by atoms with Gasteiger partial charge in [-0.25, -0.2) is 4.79 Å². The van der Waals surface area contributed by atoms with E-state index in [1.807, 2.05) is 6.08 Å². The Balaban J connectivity index is 2.60. The summed E-state index contributed by atoms with van der Waals surface area (Å²) in [6.45, 7) is 1.63. The van der Waals surface area contributed by atoms with Crippen LogP contribution >= 0.6 is 0 Å². The van der Waals surface area contributed by atoms with Crippen molar-refractivity contribution >= 4 is 5.97 Å². The van der Waals surface area contributed by atoms with Crippen LogP contribution in [0.25, 0.3) is 0 Å². The van der Waals surface area contributed by atoms with Crippen LogP contribution in [0.1, 0.15) is 32.6 Å². The van der Waals surface area contributed by atoms with Crippen LogP contribution in [0.15, 0.2) is 11.6 Å². The Morgan fingerprint density at radius 2 is 2.08 bits per heavy atom. The molecule has 1 fully saturated rings. The predicted molar refractivity (Wildman–Crippen MR) is 51.3 cm³/mol. The molecule has 74 valence electrons. The highest BCUT2D eigenvalue weighted by Crippen LogP contribution is 2.24. The first kappa shape index (κ1) is 10.3. The van der Waals surface area contributed by atoms with Crippen LogP contribution in [0.5, 0.6) is 0 Å². The molecule has 1 rings (SSSR count). The van der Waals surface area contributed by atoms with E-state index in [-0.39, 0.29) is 12.0 Å². The van der Waals surface area contributed by atoms with Crippen molar-refractivity contribution in [1.29, 1.82) is 0 Å². The number of rotatable bonds is 2. The summed E-state index contributed by atoms with van der Waals surface area (Å²) in [7, 11) is 0. The lowest BCUT2D eigenvalue weighted by Crippen LogP contribution is -2.32. The standard InChI is InChI=1S/C10H17NO2/c1-7(10(12)13)6-8-4-2-3-5-9(8)11/h6,8-9H,2-5,11H2,1H3,(H,12,13). The number of aliphatic carboxylic acids is 1. The molecular weight excluding hydrogens is 166 g/mol. The van der Waals surface area contributed by atoms with Gasteiger partial charge in [-0.3, -0.25) is 0 Å². The van der Waals surface area contributed by atoms with Crippen molar-refractivity contribution in [2.24, 2.45) is 11.7 Å². The van der Waals surface area contributed by atoms with Crippen molar-refractivity contribution in [3.63, 3.8) is 0 Å². The molecule has 13 heavy (non-hydrogen) atoms. The molecule has 0 aromatic heterocycles. The summed E-state index contributed by atoms with van der Waals surface area (Å²) in [5.41, 5.74) is 6.31. The fourth-order valence-electron chi connectivity index (χ4n) is 1.79. The fraction of sp³-hybridized carbons (Fsp3) is 0.700. The zero-order valence-corrected chi connectivity index (χ0v) is 7.99. The maximum Gasteiger partial charge on any atom is 0.330 e. The van der Waals surface area contributed by atoms with E-state index < -0.39 is 5.97 Å². The molecule has 1 aliphatic rings. The maximum atomic E-state index is 10.6. The van der Waals surface area contributed by atoms with Crippen molar-refractivity contribution in [3.05, 3.63) is 11.6 Å². The lowest BCUT2D eigenvalue weighted by molar-refractivity contribution is -0.132. The second kappa shape index (κ2) is 4.42. The Hall–Kier alpha value is -0.830. The molecule has 2 unspecified atom stereocenters. The molecule has 0 radical (unpaired) electrons. The SMILES string of the molecule is CC(=CC1CCCCC1N)C(=O)O. The quantitative estimate of drug-likeness (QED) is 0.638. The Kier molecular flexibility index (Phi) is 3.48. The number of hydrogen-bond donors (Lipinski definition) is 2. The average molecular weight is 183 g/mol. The number of nitrogens with two attached hydrogens (primary N) is 1. The van der Waals surface area contributed by atoms with E-state index in [2.05, 4.69) is 0 Å². The number of hydrogen-bond acceptors (Lipinski definition) is 2. The van der Waals surface area contributed by atoms with E-state index in [0.717, 1.165) is 12.8 Å². The van der Waals surface area contributed by atoms with Crippen LogP contribution < -0.4 is 5.73 Å². The highest BCUT2D eigenvalue weighted by molar-refractivity contribution is 5.85. The Morgan fingerprint density at radius 1 is 1.46 bits per heavy atom. The summed E-state index contributed by atoms with van der Waals surface area (Å²) in [5.74, 6) is -0.567. The highest BCUT2D eigenvalue weighted by Gasteiger charge is 2.20. The lowest BCUT2D eigenvalue weighted by Gasteiger charge is -2.26. The van der Waals surface area contributed by atoms with Crippen molar-refractivity contribution < 1.29 is 9.90 Å². The van der Waals surface area contributed by atoms with Gasteiger partial charge in [-0.2, -0.15) is 0 Å². The zero-order chi connectivity index (χ0) is 9.84. The largest absolute Gasteiger partial charge is 0.478 e. The molecule has 2 atom stereocenters. The molecule has 0 aliphatic heterocycles. The van der Waals surface area contributed by atoms with Gasteiger partial charge < -0.3 is 10.8 Å². The summed E-state index contributed by atoms with van der Waals surface area (Å²) in [5, 5.41) is 8.69.